The summed E-state index contributed by atoms with van der Waals surface area (Å²) in [6.45, 7) is 4.52. The molecule has 1 amide bonds. The quantitative estimate of drug-likeness (QED) is 0.687. The van der Waals surface area contributed by atoms with Crippen molar-refractivity contribution in [2.24, 2.45) is 0 Å². The molecule has 7 heteroatoms. The van der Waals surface area contributed by atoms with Gasteiger partial charge in [-0.1, -0.05) is 11.6 Å². The lowest BCUT2D eigenvalue weighted by Gasteiger charge is -2.35. The molecular weight excluding hydrogens is 296 g/mol. The van der Waals surface area contributed by atoms with Gasteiger partial charge in [0, 0.05) is 24.3 Å². The zero-order valence-corrected chi connectivity index (χ0v) is 12.6. The molecule has 0 bridgehead atoms. The number of nitrogens with zero attached hydrogens (tertiary/aromatic N) is 1. The largest absolute Gasteiger partial charge is 0.375 e. The second-order valence-corrected chi connectivity index (χ2v) is 6.10. The van der Waals surface area contributed by atoms with Gasteiger partial charge in [-0.15, -0.1) is 0 Å². The summed E-state index contributed by atoms with van der Waals surface area (Å²) in [5.41, 5.74) is -0.311. The van der Waals surface area contributed by atoms with Gasteiger partial charge >= 0.3 is 0 Å². The van der Waals surface area contributed by atoms with Crippen LogP contribution in [0.15, 0.2) is 18.2 Å². The maximum Gasteiger partial charge on any atom is 0.288 e. The molecule has 1 aliphatic heterocycles. The van der Waals surface area contributed by atoms with Crippen LogP contribution in [0.25, 0.3) is 0 Å². The number of hydrogen-bond donors (Lipinski definition) is 1. The molecule has 1 atom stereocenters. The SMILES string of the molecule is CC1(C)CC(NC(=O)c2ccc(Cl)c([N+](=O)[O-])c2)CCO1. The van der Waals surface area contributed by atoms with Crippen LogP contribution in [0.1, 0.15) is 37.0 Å². The van der Waals surface area contributed by atoms with Gasteiger partial charge in [0.1, 0.15) is 5.02 Å². The van der Waals surface area contributed by atoms with E-state index in [4.69, 9.17) is 16.3 Å². The van der Waals surface area contributed by atoms with Gasteiger partial charge in [0.05, 0.1) is 10.5 Å². The summed E-state index contributed by atoms with van der Waals surface area (Å²) in [5.74, 6) is -0.336. The van der Waals surface area contributed by atoms with E-state index in [9.17, 15) is 14.9 Å². The first kappa shape index (κ1) is 15.7. The molecule has 114 valence electrons. The van der Waals surface area contributed by atoms with Crippen molar-refractivity contribution >= 4 is 23.2 Å². The zero-order chi connectivity index (χ0) is 15.6. The Kier molecular flexibility index (Phi) is 4.49. The highest BCUT2D eigenvalue weighted by Gasteiger charge is 2.30. The van der Waals surface area contributed by atoms with Crippen LogP contribution in [-0.4, -0.2) is 29.1 Å². The molecule has 1 saturated heterocycles. The van der Waals surface area contributed by atoms with Crippen LogP contribution in [0.4, 0.5) is 5.69 Å². The molecule has 0 aromatic heterocycles. The molecule has 6 nitrogen and oxygen atoms in total. The number of carbonyl (C=O) groups is 1. The average molecular weight is 313 g/mol. The first-order valence-corrected chi connectivity index (χ1v) is 7.05. The van der Waals surface area contributed by atoms with E-state index in [0.29, 0.717) is 13.0 Å². The number of nitro benzene ring substituents is 1. The standard InChI is InChI=1S/C14H17ClN2O4/c1-14(2)8-10(5-6-21-14)16-13(18)9-3-4-11(15)12(7-9)17(19)20/h3-4,7,10H,5-6,8H2,1-2H3,(H,16,18). The van der Waals surface area contributed by atoms with Crippen LogP contribution in [0, 0.1) is 10.1 Å². The van der Waals surface area contributed by atoms with Crippen molar-refractivity contribution in [3.05, 3.63) is 38.9 Å². The molecule has 1 N–H and O–H groups in total. The van der Waals surface area contributed by atoms with E-state index in [1.165, 1.54) is 18.2 Å². The molecule has 0 spiro atoms. The number of halogens is 1. The highest BCUT2D eigenvalue weighted by atomic mass is 35.5. The number of rotatable bonds is 3. The second kappa shape index (κ2) is 5.99. The highest BCUT2D eigenvalue weighted by Crippen LogP contribution is 2.26. The maximum atomic E-state index is 12.2. The fraction of sp³-hybridized carbons (Fsp3) is 0.500. The summed E-state index contributed by atoms with van der Waals surface area (Å²) in [6.07, 6.45) is 1.43. The Bertz CT molecular complexity index is 574. The molecule has 21 heavy (non-hydrogen) atoms. The lowest BCUT2D eigenvalue weighted by Crippen LogP contribution is -2.45. The van der Waals surface area contributed by atoms with Crippen LogP contribution in [0.5, 0.6) is 0 Å². The summed E-state index contributed by atoms with van der Waals surface area (Å²) in [6, 6.07) is 4.04. The molecular formula is C14H17ClN2O4. The topological polar surface area (TPSA) is 81.5 Å². The smallest absolute Gasteiger partial charge is 0.288 e. The van der Waals surface area contributed by atoms with Gasteiger partial charge in [0.15, 0.2) is 0 Å². The third-order valence-corrected chi connectivity index (χ3v) is 3.76. The molecule has 0 radical (unpaired) electrons. The molecule has 1 aromatic carbocycles. The molecule has 1 fully saturated rings. The van der Waals surface area contributed by atoms with Crippen LogP contribution in [0.2, 0.25) is 5.02 Å². The molecule has 1 aliphatic rings. The number of nitro groups is 1. The summed E-state index contributed by atoms with van der Waals surface area (Å²) in [7, 11) is 0. The normalized spacial score (nSPS) is 20.8. The van der Waals surface area contributed by atoms with Gasteiger partial charge in [-0.2, -0.15) is 0 Å². The van der Waals surface area contributed by atoms with Gasteiger partial charge in [0.2, 0.25) is 0 Å². The summed E-state index contributed by atoms with van der Waals surface area (Å²) in [5, 5.41) is 13.8. The second-order valence-electron chi connectivity index (χ2n) is 5.69. The fourth-order valence-electron chi connectivity index (χ4n) is 2.42. The van der Waals surface area contributed by atoms with E-state index in [1.54, 1.807) is 0 Å². The highest BCUT2D eigenvalue weighted by molar-refractivity contribution is 6.32. The number of hydrogen-bond acceptors (Lipinski definition) is 4. The van der Waals surface area contributed by atoms with Crippen molar-refractivity contribution in [1.82, 2.24) is 5.32 Å². The average Bonchev–Trinajstić information content (AvgIpc) is 2.37. The lowest BCUT2D eigenvalue weighted by atomic mass is 9.94. The molecule has 1 aromatic rings. The predicted molar refractivity (Wildman–Crippen MR) is 78.6 cm³/mol. The monoisotopic (exact) mass is 312 g/mol. The van der Waals surface area contributed by atoms with E-state index >= 15 is 0 Å². The van der Waals surface area contributed by atoms with Crippen LogP contribution >= 0.6 is 11.6 Å². The van der Waals surface area contributed by atoms with Gasteiger partial charge < -0.3 is 10.1 Å². The summed E-state index contributed by atoms with van der Waals surface area (Å²) < 4.78 is 5.59. The minimum absolute atomic E-state index is 0.00372. The Morgan fingerprint density at radius 1 is 1.52 bits per heavy atom. The Morgan fingerprint density at radius 2 is 2.24 bits per heavy atom. The van der Waals surface area contributed by atoms with Crippen molar-refractivity contribution in [1.29, 1.82) is 0 Å². The van der Waals surface area contributed by atoms with Crippen molar-refractivity contribution < 1.29 is 14.5 Å². The van der Waals surface area contributed by atoms with E-state index in [2.05, 4.69) is 5.32 Å². The third kappa shape index (κ3) is 3.92. The van der Waals surface area contributed by atoms with E-state index in [1.807, 2.05) is 13.8 Å². The number of carbonyl (C=O) groups excluding carboxylic acids is 1. The summed E-state index contributed by atoms with van der Waals surface area (Å²) in [4.78, 5) is 22.4. The predicted octanol–water partition coefficient (Wildman–Crippen LogP) is 2.94. The first-order chi connectivity index (χ1) is 9.78. The van der Waals surface area contributed by atoms with Crippen molar-refractivity contribution in [2.75, 3.05) is 6.61 Å². The van der Waals surface area contributed by atoms with E-state index < -0.39 is 4.92 Å². The van der Waals surface area contributed by atoms with E-state index in [0.717, 1.165) is 6.42 Å². The number of ether oxygens (including phenoxy) is 1. The minimum Gasteiger partial charge on any atom is -0.375 e. The van der Waals surface area contributed by atoms with Crippen molar-refractivity contribution in [2.45, 2.75) is 38.3 Å². The lowest BCUT2D eigenvalue weighted by molar-refractivity contribution is -0.384. The van der Waals surface area contributed by atoms with E-state index in [-0.39, 0.29) is 33.8 Å². The fourth-order valence-corrected chi connectivity index (χ4v) is 2.60. The molecule has 0 aliphatic carbocycles. The van der Waals surface area contributed by atoms with Crippen molar-refractivity contribution in [3.63, 3.8) is 0 Å². The Balaban J connectivity index is 2.10. The maximum absolute atomic E-state index is 12.2. The molecule has 1 unspecified atom stereocenters. The molecule has 1 heterocycles. The first-order valence-electron chi connectivity index (χ1n) is 6.67. The van der Waals surface area contributed by atoms with Gasteiger partial charge in [-0.05, 0) is 38.8 Å². The van der Waals surface area contributed by atoms with Crippen LogP contribution in [0.3, 0.4) is 0 Å². The van der Waals surface area contributed by atoms with Gasteiger partial charge in [0.25, 0.3) is 11.6 Å². The van der Waals surface area contributed by atoms with Gasteiger partial charge in [-0.3, -0.25) is 14.9 Å². The zero-order valence-electron chi connectivity index (χ0n) is 11.9. The minimum atomic E-state index is -0.601. The van der Waals surface area contributed by atoms with Crippen molar-refractivity contribution in [3.8, 4) is 0 Å². The molecule has 0 saturated carbocycles. The summed E-state index contributed by atoms with van der Waals surface area (Å²) >= 11 is 5.74. The number of nitrogens with one attached hydrogen (secondary N) is 1. The number of benzene rings is 1. The Morgan fingerprint density at radius 3 is 2.86 bits per heavy atom. The van der Waals surface area contributed by atoms with Crippen LogP contribution in [-0.2, 0) is 4.74 Å². The number of amides is 1. The Labute approximate surface area is 127 Å². The molecule has 2 rings (SSSR count). The van der Waals surface area contributed by atoms with Crippen LogP contribution < -0.4 is 5.32 Å². The third-order valence-electron chi connectivity index (χ3n) is 3.44. The van der Waals surface area contributed by atoms with Gasteiger partial charge in [-0.25, -0.2) is 0 Å². The Hall–Kier alpha value is -1.66.